The van der Waals surface area contributed by atoms with Crippen LogP contribution in [-0.2, 0) is 10.3 Å². The first kappa shape index (κ1) is 10.5. The Labute approximate surface area is 80.6 Å². The van der Waals surface area contributed by atoms with Gasteiger partial charge in [-0.15, -0.1) is 0 Å². The largest absolute Gasteiger partial charge is 0.481 e. The number of H-pyrrole nitrogens is 1. The van der Waals surface area contributed by atoms with Gasteiger partial charge in [0.2, 0.25) is 0 Å². The van der Waals surface area contributed by atoms with Crippen molar-refractivity contribution in [2.45, 2.75) is 18.9 Å². The number of pyridine rings is 1. The fourth-order valence-electron chi connectivity index (χ4n) is 1.28. The van der Waals surface area contributed by atoms with Crippen LogP contribution < -0.4 is 11.3 Å². The van der Waals surface area contributed by atoms with Crippen molar-refractivity contribution in [1.82, 2.24) is 4.98 Å². The second-order valence-corrected chi connectivity index (χ2v) is 3.40. The SMILES string of the molecule is C[C@](N)(CC(=O)O)c1ccc[nH]c1=O. The monoisotopic (exact) mass is 196 g/mol. The second-order valence-electron chi connectivity index (χ2n) is 3.40. The Balaban J connectivity index is 3.09. The Morgan fingerprint density at radius 1 is 1.71 bits per heavy atom. The van der Waals surface area contributed by atoms with E-state index in [1.165, 1.54) is 19.2 Å². The predicted molar refractivity (Wildman–Crippen MR) is 50.9 cm³/mol. The molecule has 1 heterocycles. The summed E-state index contributed by atoms with van der Waals surface area (Å²) in [7, 11) is 0. The van der Waals surface area contributed by atoms with Gasteiger partial charge in [0, 0.05) is 11.8 Å². The van der Waals surface area contributed by atoms with E-state index < -0.39 is 11.5 Å². The molecule has 14 heavy (non-hydrogen) atoms. The minimum atomic E-state index is -1.14. The minimum absolute atomic E-state index is 0.278. The molecule has 1 rings (SSSR count). The van der Waals surface area contributed by atoms with Crippen molar-refractivity contribution in [3.8, 4) is 0 Å². The van der Waals surface area contributed by atoms with Gasteiger partial charge >= 0.3 is 5.97 Å². The Bertz CT molecular complexity index is 395. The first-order chi connectivity index (χ1) is 6.43. The number of carbonyl (C=O) groups is 1. The highest BCUT2D eigenvalue weighted by atomic mass is 16.4. The zero-order chi connectivity index (χ0) is 10.8. The number of nitrogens with two attached hydrogens (primary N) is 1. The van der Waals surface area contributed by atoms with Crippen LogP contribution in [0.3, 0.4) is 0 Å². The molecule has 1 aromatic rings. The molecule has 0 aliphatic rings. The summed E-state index contributed by atoms with van der Waals surface area (Å²) in [5.41, 5.74) is 4.53. The van der Waals surface area contributed by atoms with Crippen molar-refractivity contribution >= 4 is 5.97 Å². The first-order valence-corrected chi connectivity index (χ1v) is 4.12. The van der Waals surface area contributed by atoms with Gasteiger partial charge in [-0.25, -0.2) is 0 Å². The summed E-state index contributed by atoms with van der Waals surface area (Å²) >= 11 is 0. The zero-order valence-corrected chi connectivity index (χ0v) is 7.78. The van der Waals surface area contributed by atoms with Crippen LogP contribution in [0.5, 0.6) is 0 Å². The lowest BCUT2D eigenvalue weighted by Crippen LogP contribution is -2.40. The van der Waals surface area contributed by atoms with Gasteiger partial charge < -0.3 is 15.8 Å². The first-order valence-electron chi connectivity index (χ1n) is 4.12. The van der Waals surface area contributed by atoms with Gasteiger partial charge in [-0.2, -0.15) is 0 Å². The van der Waals surface area contributed by atoms with Crippen LogP contribution in [0.2, 0.25) is 0 Å². The van der Waals surface area contributed by atoms with E-state index >= 15 is 0 Å². The molecule has 0 aromatic carbocycles. The van der Waals surface area contributed by atoms with E-state index in [1.54, 1.807) is 6.07 Å². The van der Waals surface area contributed by atoms with Crippen LogP contribution in [0.4, 0.5) is 0 Å². The van der Waals surface area contributed by atoms with Crippen LogP contribution >= 0.6 is 0 Å². The standard InChI is InChI=1S/C9H12N2O3/c1-9(10,5-7(12)13)6-3-2-4-11-8(6)14/h2-4H,5,10H2,1H3,(H,11,14)(H,12,13)/t9-/m0/s1. The molecule has 0 bridgehead atoms. The summed E-state index contributed by atoms with van der Waals surface area (Å²) in [4.78, 5) is 24.3. The van der Waals surface area contributed by atoms with Crippen molar-refractivity contribution in [2.75, 3.05) is 0 Å². The lowest BCUT2D eigenvalue weighted by atomic mass is 9.91. The molecule has 0 fully saturated rings. The quantitative estimate of drug-likeness (QED) is 0.635. The molecule has 1 aromatic heterocycles. The van der Waals surface area contributed by atoms with Crippen LogP contribution in [0.25, 0.3) is 0 Å². The zero-order valence-electron chi connectivity index (χ0n) is 7.78. The molecule has 0 aliphatic carbocycles. The lowest BCUT2D eigenvalue weighted by Gasteiger charge is -2.21. The highest BCUT2D eigenvalue weighted by molar-refractivity contribution is 5.68. The van der Waals surface area contributed by atoms with E-state index in [2.05, 4.69) is 4.98 Å². The Kier molecular flexibility index (Phi) is 2.71. The number of nitrogens with one attached hydrogen (secondary N) is 1. The lowest BCUT2D eigenvalue weighted by molar-refractivity contribution is -0.138. The van der Waals surface area contributed by atoms with Crippen molar-refractivity contribution < 1.29 is 9.90 Å². The fraction of sp³-hybridized carbons (Fsp3) is 0.333. The van der Waals surface area contributed by atoms with Gasteiger partial charge in [-0.1, -0.05) is 6.07 Å². The summed E-state index contributed by atoms with van der Waals surface area (Å²) in [6.45, 7) is 1.52. The van der Waals surface area contributed by atoms with E-state index in [0.29, 0.717) is 0 Å². The molecule has 0 saturated heterocycles. The van der Waals surface area contributed by atoms with Gasteiger partial charge in [0.1, 0.15) is 0 Å². The number of aromatic amines is 1. The summed E-state index contributed by atoms with van der Waals surface area (Å²) in [6, 6.07) is 3.14. The Morgan fingerprint density at radius 2 is 2.36 bits per heavy atom. The van der Waals surface area contributed by atoms with E-state index in [-0.39, 0.29) is 17.5 Å². The summed E-state index contributed by atoms with van der Waals surface area (Å²) in [5.74, 6) is -1.03. The van der Waals surface area contributed by atoms with Crippen molar-refractivity contribution in [3.63, 3.8) is 0 Å². The molecule has 1 atom stereocenters. The fourth-order valence-corrected chi connectivity index (χ4v) is 1.28. The molecule has 0 amide bonds. The van der Waals surface area contributed by atoms with Gasteiger partial charge in [-0.3, -0.25) is 9.59 Å². The highest BCUT2D eigenvalue weighted by Gasteiger charge is 2.26. The molecule has 0 spiro atoms. The number of aromatic nitrogens is 1. The molecule has 76 valence electrons. The van der Waals surface area contributed by atoms with E-state index in [9.17, 15) is 9.59 Å². The van der Waals surface area contributed by atoms with E-state index in [1.807, 2.05) is 0 Å². The number of carboxylic acid groups (broad SMARTS) is 1. The minimum Gasteiger partial charge on any atom is -0.481 e. The molecule has 4 N–H and O–H groups in total. The molecule has 0 unspecified atom stereocenters. The number of hydrogen-bond acceptors (Lipinski definition) is 3. The number of hydrogen-bond donors (Lipinski definition) is 3. The van der Waals surface area contributed by atoms with Crippen molar-refractivity contribution in [2.24, 2.45) is 5.73 Å². The Morgan fingerprint density at radius 3 is 2.86 bits per heavy atom. The average Bonchev–Trinajstić information content (AvgIpc) is 2.02. The summed E-state index contributed by atoms with van der Waals surface area (Å²) in [6.07, 6.45) is 1.20. The highest BCUT2D eigenvalue weighted by Crippen LogP contribution is 2.17. The van der Waals surface area contributed by atoms with E-state index in [0.717, 1.165) is 0 Å². The third kappa shape index (κ3) is 2.20. The molecule has 0 radical (unpaired) electrons. The number of carboxylic acids is 1. The maximum Gasteiger partial charge on any atom is 0.305 e. The Hall–Kier alpha value is -1.62. The van der Waals surface area contributed by atoms with Crippen molar-refractivity contribution in [3.05, 3.63) is 34.2 Å². The summed E-state index contributed by atoms with van der Waals surface area (Å²) < 4.78 is 0. The molecule has 5 nitrogen and oxygen atoms in total. The topological polar surface area (TPSA) is 96.2 Å². The van der Waals surface area contributed by atoms with Crippen LogP contribution in [0.1, 0.15) is 18.9 Å². The second kappa shape index (κ2) is 3.63. The smallest absolute Gasteiger partial charge is 0.305 e. The van der Waals surface area contributed by atoms with Gasteiger partial charge in [0.05, 0.1) is 12.0 Å². The average molecular weight is 196 g/mol. The van der Waals surface area contributed by atoms with Crippen LogP contribution in [0, 0.1) is 0 Å². The van der Waals surface area contributed by atoms with Crippen LogP contribution in [0.15, 0.2) is 23.1 Å². The molecular formula is C9H12N2O3. The maximum absolute atomic E-state index is 11.3. The van der Waals surface area contributed by atoms with Gasteiger partial charge in [0.15, 0.2) is 0 Å². The molecule has 0 saturated carbocycles. The number of aliphatic carboxylic acids is 1. The molecular weight excluding hydrogens is 184 g/mol. The third-order valence-electron chi connectivity index (χ3n) is 1.95. The summed E-state index contributed by atoms with van der Waals surface area (Å²) in [5, 5.41) is 8.61. The van der Waals surface area contributed by atoms with Gasteiger partial charge in [-0.05, 0) is 13.0 Å². The molecule has 0 aliphatic heterocycles. The normalized spacial score (nSPS) is 14.7. The third-order valence-corrected chi connectivity index (χ3v) is 1.95. The van der Waals surface area contributed by atoms with E-state index in [4.69, 9.17) is 10.8 Å². The van der Waals surface area contributed by atoms with Gasteiger partial charge in [0.25, 0.3) is 5.56 Å². The number of rotatable bonds is 3. The van der Waals surface area contributed by atoms with Crippen LogP contribution in [-0.4, -0.2) is 16.1 Å². The van der Waals surface area contributed by atoms with Crippen molar-refractivity contribution in [1.29, 1.82) is 0 Å². The molecule has 5 heteroatoms. The maximum atomic E-state index is 11.3. The predicted octanol–water partition coefficient (Wildman–Crippen LogP) is 0.0235.